The number of hydrogen-bond acceptors (Lipinski definition) is 2. The zero-order chi connectivity index (χ0) is 18.5. The molecular formula is C18H27F3IN3O. The van der Waals surface area contributed by atoms with Crippen molar-refractivity contribution >= 4 is 29.9 Å². The Morgan fingerprint density at radius 1 is 1.27 bits per heavy atom. The molecule has 1 heterocycles. The van der Waals surface area contributed by atoms with Gasteiger partial charge >= 0.3 is 6.18 Å². The minimum Gasteiger partial charge on any atom is -0.381 e. The minimum atomic E-state index is -4.34. The van der Waals surface area contributed by atoms with E-state index in [4.69, 9.17) is 4.74 Å². The number of aliphatic imine (C=N–C) groups is 1. The molecule has 0 atom stereocenters. The molecule has 0 unspecified atom stereocenters. The number of nitrogens with zero attached hydrogens (tertiary/aromatic N) is 1. The van der Waals surface area contributed by atoms with Gasteiger partial charge in [0.2, 0.25) is 0 Å². The molecule has 0 saturated carbocycles. The van der Waals surface area contributed by atoms with Crippen molar-refractivity contribution < 1.29 is 17.9 Å². The highest BCUT2D eigenvalue weighted by molar-refractivity contribution is 14.0. The van der Waals surface area contributed by atoms with Gasteiger partial charge in [-0.15, -0.1) is 24.0 Å². The smallest absolute Gasteiger partial charge is 0.381 e. The van der Waals surface area contributed by atoms with Crippen LogP contribution in [0.2, 0.25) is 0 Å². The summed E-state index contributed by atoms with van der Waals surface area (Å²) in [6.07, 6.45) is -3.01. The van der Waals surface area contributed by atoms with Crippen molar-refractivity contribution in [1.82, 2.24) is 10.6 Å². The van der Waals surface area contributed by atoms with Crippen LogP contribution in [0.15, 0.2) is 29.3 Å². The van der Waals surface area contributed by atoms with Gasteiger partial charge in [-0.3, -0.25) is 4.99 Å². The van der Waals surface area contributed by atoms with E-state index in [9.17, 15) is 13.2 Å². The molecule has 148 valence electrons. The predicted octanol–water partition coefficient (Wildman–Crippen LogP) is 3.95. The van der Waals surface area contributed by atoms with Gasteiger partial charge in [-0.25, -0.2) is 0 Å². The van der Waals surface area contributed by atoms with E-state index in [1.165, 1.54) is 12.1 Å². The Morgan fingerprint density at radius 3 is 2.46 bits per heavy atom. The number of nitrogens with one attached hydrogen (secondary N) is 2. The number of guanidine groups is 1. The van der Waals surface area contributed by atoms with Gasteiger partial charge in [0.25, 0.3) is 0 Å². The van der Waals surface area contributed by atoms with Crippen LogP contribution in [0.3, 0.4) is 0 Å². The van der Waals surface area contributed by atoms with Gasteiger partial charge < -0.3 is 15.4 Å². The summed E-state index contributed by atoms with van der Waals surface area (Å²) in [7, 11) is 1.68. The lowest BCUT2D eigenvalue weighted by Crippen LogP contribution is -2.49. The van der Waals surface area contributed by atoms with Gasteiger partial charge in [0.05, 0.1) is 5.56 Å². The van der Waals surface area contributed by atoms with Crippen molar-refractivity contribution in [2.24, 2.45) is 4.99 Å². The summed E-state index contributed by atoms with van der Waals surface area (Å²) in [5.74, 6) is 0.646. The lowest BCUT2D eigenvalue weighted by molar-refractivity contribution is -0.137. The SMILES string of the molecule is CN=C(NCC1(c2cccc(C(F)(F)F)c2)CCOCC1)NC(C)C.I. The Labute approximate surface area is 170 Å². The molecule has 0 aromatic heterocycles. The van der Waals surface area contributed by atoms with E-state index in [2.05, 4.69) is 15.6 Å². The standard InChI is InChI=1S/C18H26F3N3O.HI/c1-13(2)24-16(22-3)23-12-17(7-9-25-10-8-17)14-5-4-6-15(11-14)18(19,20)21;/h4-6,11,13H,7-10,12H2,1-3H3,(H2,22,23,24);1H. The van der Waals surface area contributed by atoms with Crippen molar-refractivity contribution in [3.8, 4) is 0 Å². The molecule has 0 radical (unpaired) electrons. The normalized spacial score (nSPS) is 17.6. The van der Waals surface area contributed by atoms with E-state index >= 15 is 0 Å². The van der Waals surface area contributed by atoms with Gasteiger partial charge in [-0.2, -0.15) is 13.2 Å². The summed E-state index contributed by atoms with van der Waals surface area (Å²) in [5, 5.41) is 6.47. The largest absolute Gasteiger partial charge is 0.416 e. The second-order valence-electron chi connectivity index (χ2n) is 6.70. The van der Waals surface area contributed by atoms with E-state index in [1.54, 1.807) is 13.1 Å². The third-order valence-corrected chi connectivity index (χ3v) is 4.50. The average Bonchev–Trinajstić information content (AvgIpc) is 2.58. The lowest BCUT2D eigenvalue weighted by Gasteiger charge is -2.38. The van der Waals surface area contributed by atoms with Crippen LogP contribution < -0.4 is 10.6 Å². The fraction of sp³-hybridized carbons (Fsp3) is 0.611. The fourth-order valence-electron chi connectivity index (χ4n) is 3.08. The molecule has 1 aliphatic rings. The molecule has 26 heavy (non-hydrogen) atoms. The first-order chi connectivity index (χ1) is 11.8. The molecule has 0 bridgehead atoms. The van der Waals surface area contributed by atoms with E-state index in [0.29, 0.717) is 44.1 Å². The van der Waals surface area contributed by atoms with E-state index in [-0.39, 0.29) is 30.0 Å². The Kier molecular flexibility index (Phi) is 8.65. The molecule has 0 aliphatic carbocycles. The molecular weight excluding hydrogens is 458 g/mol. The van der Waals surface area contributed by atoms with Crippen LogP contribution in [-0.4, -0.2) is 38.8 Å². The zero-order valence-corrected chi connectivity index (χ0v) is 17.7. The highest BCUT2D eigenvalue weighted by Crippen LogP contribution is 2.37. The molecule has 1 aromatic rings. The Bertz CT molecular complexity index is 600. The number of halogens is 4. The molecule has 1 aliphatic heterocycles. The van der Waals surface area contributed by atoms with Gasteiger partial charge in [0, 0.05) is 38.3 Å². The maximum atomic E-state index is 13.1. The molecule has 1 aromatic carbocycles. The van der Waals surface area contributed by atoms with Crippen LogP contribution in [0.1, 0.15) is 37.8 Å². The average molecular weight is 485 g/mol. The summed E-state index contributed by atoms with van der Waals surface area (Å²) in [6.45, 7) is 5.58. The molecule has 0 spiro atoms. The van der Waals surface area contributed by atoms with Crippen LogP contribution in [0.4, 0.5) is 13.2 Å². The molecule has 0 amide bonds. The quantitative estimate of drug-likeness (QED) is 0.386. The summed E-state index contributed by atoms with van der Waals surface area (Å²) < 4.78 is 44.8. The van der Waals surface area contributed by atoms with Crippen molar-refractivity contribution in [1.29, 1.82) is 0 Å². The van der Waals surface area contributed by atoms with Crippen molar-refractivity contribution in [2.45, 2.75) is 44.3 Å². The first-order valence-corrected chi connectivity index (χ1v) is 8.49. The van der Waals surface area contributed by atoms with Crippen molar-refractivity contribution in [2.75, 3.05) is 26.8 Å². The number of rotatable bonds is 4. The molecule has 2 N–H and O–H groups in total. The number of benzene rings is 1. The molecule has 2 rings (SSSR count). The predicted molar refractivity (Wildman–Crippen MR) is 108 cm³/mol. The fourth-order valence-corrected chi connectivity index (χ4v) is 3.08. The zero-order valence-electron chi connectivity index (χ0n) is 15.3. The summed E-state index contributed by atoms with van der Waals surface area (Å²) in [4.78, 5) is 4.18. The summed E-state index contributed by atoms with van der Waals surface area (Å²) >= 11 is 0. The second-order valence-corrected chi connectivity index (χ2v) is 6.70. The van der Waals surface area contributed by atoms with Crippen LogP contribution in [0.25, 0.3) is 0 Å². The second kappa shape index (κ2) is 9.77. The molecule has 1 fully saturated rings. The highest BCUT2D eigenvalue weighted by Gasteiger charge is 2.37. The van der Waals surface area contributed by atoms with Crippen LogP contribution >= 0.6 is 24.0 Å². The van der Waals surface area contributed by atoms with Crippen molar-refractivity contribution in [3.63, 3.8) is 0 Å². The van der Waals surface area contributed by atoms with Gasteiger partial charge in [0.15, 0.2) is 5.96 Å². The lowest BCUT2D eigenvalue weighted by atomic mass is 9.73. The maximum absolute atomic E-state index is 13.1. The van der Waals surface area contributed by atoms with Crippen molar-refractivity contribution in [3.05, 3.63) is 35.4 Å². The first kappa shape index (κ1) is 23.0. The number of alkyl halides is 3. The Hall–Kier alpha value is -1.03. The monoisotopic (exact) mass is 485 g/mol. The molecule has 4 nitrogen and oxygen atoms in total. The van der Waals surface area contributed by atoms with Gasteiger partial charge in [-0.05, 0) is 38.3 Å². The Morgan fingerprint density at radius 2 is 1.92 bits per heavy atom. The van der Waals surface area contributed by atoms with Crippen LogP contribution in [0.5, 0.6) is 0 Å². The van der Waals surface area contributed by atoms with E-state index < -0.39 is 17.2 Å². The van der Waals surface area contributed by atoms with Crippen LogP contribution in [0, 0.1) is 0 Å². The summed E-state index contributed by atoms with van der Waals surface area (Å²) in [6, 6.07) is 5.86. The first-order valence-electron chi connectivity index (χ1n) is 8.49. The highest BCUT2D eigenvalue weighted by atomic mass is 127. The Balaban J connectivity index is 0.00000338. The maximum Gasteiger partial charge on any atom is 0.416 e. The third-order valence-electron chi connectivity index (χ3n) is 4.50. The molecule has 1 saturated heterocycles. The topological polar surface area (TPSA) is 45.7 Å². The van der Waals surface area contributed by atoms with E-state index in [1.807, 2.05) is 13.8 Å². The molecule has 8 heteroatoms. The summed E-state index contributed by atoms with van der Waals surface area (Å²) in [5.41, 5.74) is -0.327. The van der Waals surface area contributed by atoms with E-state index in [0.717, 1.165) is 6.07 Å². The van der Waals surface area contributed by atoms with Crippen LogP contribution in [-0.2, 0) is 16.3 Å². The van der Waals surface area contributed by atoms with Gasteiger partial charge in [0.1, 0.15) is 0 Å². The number of hydrogen-bond donors (Lipinski definition) is 2. The van der Waals surface area contributed by atoms with Gasteiger partial charge in [-0.1, -0.05) is 18.2 Å². The third kappa shape index (κ3) is 6.00. The number of ether oxygens (including phenoxy) is 1. The minimum absolute atomic E-state index is 0.